The summed E-state index contributed by atoms with van der Waals surface area (Å²) < 4.78 is 0. The van der Waals surface area contributed by atoms with Gasteiger partial charge in [-0.3, -0.25) is 0 Å². The second-order valence-electron chi connectivity index (χ2n) is 7.95. The van der Waals surface area contributed by atoms with Crippen molar-refractivity contribution in [3.05, 3.63) is 0 Å². The molecule has 0 saturated heterocycles. The molecule has 0 bridgehead atoms. The first kappa shape index (κ1) is 17.3. The Morgan fingerprint density at radius 2 is 1.19 bits per heavy atom. The van der Waals surface area contributed by atoms with Crippen molar-refractivity contribution in [2.24, 2.45) is 23.7 Å². The first-order chi connectivity index (χ1) is 10.3. The van der Waals surface area contributed by atoms with Crippen LogP contribution in [-0.2, 0) is 0 Å². The molecular weight excluding hydrogens is 256 g/mol. The summed E-state index contributed by atoms with van der Waals surface area (Å²) in [6.45, 7) is 2.73. The summed E-state index contributed by atoms with van der Waals surface area (Å²) >= 11 is 0. The number of aliphatic hydroxyl groups is 1. The zero-order valence-corrected chi connectivity index (χ0v) is 14.4. The second-order valence-corrected chi connectivity index (χ2v) is 7.95. The minimum atomic E-state index is 0.428. The highest BCUT2D eigenvalue weighted by Gasteiger charge is 2.30. The highest BCUT2D eigenvalue weighted by Crippen LogP contribution is 2.42. The van der Waals surface area contributed by atoms with Crippen molar-refractivity contribution in [2.45, 2.75) is 96.8 Å². The van der Waals surface area contributed by atoms with E-state index in [-0.39, 0.29) is 0 Å². The van der Waals surface area contributed by atoms with E-state index in [1.165, 1.54) is 89.9 Å². The third-order valence-electron chi connectivity index (χ3n) is 6.42. The predicted molar refractivity (Wildman–Crippen MR) is 91.4 cm³/mol. The van der Waals surface area contributed by atoms with E-state index < -0.39 is 0 Å². The normalized spacial score (nSPS) is 34.0. The van der Waals surface area contributed by atoms with Crippen molar-refractivity contribution in [3.63, 3.8) is 0 Å². The van der Waals surface area contributed by atoms with Crippen LogP contribution in [0.2, 0.25) is 0 Å². The first-order valence-electron chi connectivity index (χ1n) is 9.94. The van der Waals surface area contributed by atoms with Gasteiger partial charge in [0.15, 0.2) is 0 Å². The highest BCUT2D eigenvalue weighted by molar-refractivity contribution is 4.81. The highest BCUT2D eigenvalue weighted by atomic mass is 16.3. The Hall–Kier alpha value is -0.0400. The Morgan fingerprint density at radius 1 is 0.667 bits per heavy atom. The van der Waals surface area contributed by atoms with Gasteiger partial charge in [-0.15, -0.1) is 0 Å². The molecule has 0 aromatic heterocycles. The molecule has 21 heavy (non-hydrogen) atoms. The lowest BCUT2D eigenvalue weighted by Gasteiger charge is -2.37. The van der Waals surface area contributed by atoms with Crippen molar-refractivity contribution in [1.29, 1.82) is 0 Å². The van der Waals surface area contributed by atoms with Crippen molar-refractivity contribution in [3.8, 4) is 0 Å². The van der Waals surface area contributed by atoms with Gasteiger partial charge in [0.05, 0.1) is 0 Å². The molecule has 0 heterocycles. The monoisotopic (exact) mass is 294 g/mol. The lowest BCUT2D eigenvalue weighted by Crippen LogP contribution is -2.26. The van der Waals surface area contributed by atoms with E-state index in [4.69, 9.17) is 0 Å². The van der Waals surface area contributed by atoms with E-state index in [0.717, 1.165) is 17.8 Å². The number of hydrogen-bond donors (Lipinski definition) is 1. The molecule has 0 atom stereocenters. The van der Waals surface area contributed by atoms with Crippen LogP contribution in [0.15, 0.2) is 0 Å². The zero-order valence-electron chi connectivity index (χ0n) is 14.4. The molecule has 2 rings (SSSR count). The SMILES string of the molecule is CCCCCCCC1CCC(C2CCC(CO)CC2)CC1. The molecule has 0 radical (unpaired) electrons. The average molecular weight is 295 g/mol. The minimum absolute atomic E-state index is 0.428. The van der Waals surface area contributed by atoms with E-state index in [2.05, 4.69) is 6.92 Å². The van der Waals surface area contributed by atoms with Gasteiger partial charge in [0.25, 0.3) is 0 Å². The molecule has 0 aromatic rings. The van der Waals surface area contributed by atoms with Crippen LogP contribution in [0.5, 0.6) is 0 Å². The molecule has 0 amide bonds. The molecular formula is C20H38O. The fraction of sp³-hybridized carbons (Fsp3) is 1.00. The quantitative estimate of drug-likeness (QED) is 0.548. The Morgan fingerprint density at radius 3 is 1.71 bits per heavy atom. The third-order valence-corrected chi connectivity index (χ3v) is 6.42. The Bertz CT molecular complexity index is 247. The molecule has 0 spiro atoms. The number of rotatable bonds is 8. The maximum atomic E-state index is 9.26. The molecule has 0 aromatic carbocycles. The van der Waals surface area contributed by atoms with Crippen LogP contribution in [0.3, 0.4) is 0 Å². The van der Waals surface area contributed by atoms with Gasteiger partial charge in [-0.2, -0.15) is 0 Å². The lowest BCUT2D eigenvalue weighted by molar-refractivity contribution is 0.115. The third kappa shape index (κ3) is 5.93. The van der Waals surface area contributed by atoms with E-state index >= 15 is 0 Å². The topological polar surface area (TPSA) is 20.2 Å². The average Bonchev–Trinajstić information content (AvgIpc) is 2.55. The maximum absolute atomic E-state index is 9.26. The molecule has 124 valence electrons. The summed E-state index contributed by atoms with van der Waals surface area (Å²) in [5, 5.41) is 9.26. The van der Waals surface area contributed by atoms with Crippen molar-refractivity contribution >= 4 is 0 Å². The molecule has 2 aliphatic carbocycles. The summed E-state index contributed by atoms with van der Waals surface area (Å²) in [5.74, 6) is 3.71. The van der Waals surface area contributed by atoms with Crippen LogP contribution >= 0.6 is 0 Å². The van der Waals surface area contributed by atoms with Crippen LogP contribution in [0.1, 0.15) is 96.8 Å². The van der Waals surface area contributed by atoms with Gasteiger partial charge in [0.2, 0.25) is 0 Å². The van der Waals surface area contributed by atoms with Crippen molar-refractivity contribution in [1.82, 2.24) is 0 Å². The molecule has 2 fully saturated rings. The molecule has 2 saturated carbocycles. The van der Waals surface area contributed by atoms with Crippen LogP contribution in [0, 0.1) is 23.7 Å². The smallest absolute Gasteiger partial charge is 0.0459 e. The Labute approximate surface area is 132 Å². The zero-order chi connectivity index (χ0) is 14.9. The maximum Gasteiger partial charge on any atom is 0.0459 e. The van der Waals surface area contributed by atoms with Crippen LogP contribution < -0.4 is 0 Å². The summed E-state index contributed by atoms with van der Waals surface area (Å²) in [4.78, 5) is 0. The van der Waals surface area contributed by atoms with Gasteiger partial charge in [-0.25, -0.2) is 0 Å². The standard InChI is InChI=1S/C20H38O/c1-2-3-4-5-6-7-17-8-12-19(13-9-17)20-14-10-18(16-21)11-15-20/h17-21H,2-16H2,1H3. The molecule has 0 aliphatic heterocycles. The minimum Gasteiger partial charge on any atom is -0.396 e. The van der Waals surface area contributed by atoms with Gasteiger partial charge < -0.3 is 5.11 Å². The summed E-state index contributed by atoms with van der Waals surface area (Å²) in [6.07, 6.45) is 20.1. The Balaban J connectivity index is 1.56. The molecule has 2 aliphatic rings. The van der Waals surface area contributed by atoms with Crippen LogP contribution in [-0.4, -0.2) is 11.7 Å². The van der Waals surface area contributed by atoms with Crippen LogP contribution in [0.4, 0.5) is 0 Å². The summed E-state index contributed by atoms with van der Waals surface area (Å²) in [6, 6.07) is 0. The van der Waals surface area contributed by atoms with E-state index in [1.807, 2.05) is 0 Å². The lowest BCUT2D eigenvalue weighted by atomic mass is 9.69. The number of unbranched alkanes of at least 4 members (excludes halogenated alkanes) is 4. The van der Waals surface area contributed by atoms with Gasteiger partial charge in [-0.05, 0) is 62.2 Å². The van der Waals surface area contributed by atoms with E-state index in [1.54, 1.807) is 0 Å². The van der Waals surface area contributed by atoms with Crippen LogP contribution in [0.25, 0.3) is 0 Å². The predicted octanol–water partition coefficient (Wildman–Crippen LogP) is 5.95. The fourth-order valence-electron chi connectivity index (χ4n) is 4.83. The Kier molecular flexibility index (Phi) is 8.14. The van der Waals surface area contributed by atoms with Gasteiger partial charge >= 0.3 is 0 Å². The van der Waals surface area contributed by atoms with Gasteiger partial charge in [-0.1, -0.05) is 58.3 Å². The van der Waals surface area contributed by atoms with E-state index in [9.17, 15) is 5.11 Å². The first-order valence-corrected chi connectivity index (χ1v) is 9.94. The van der Waals surface area contributed by atoms with Crippen molar-refractivity contribution < 1.29 is 5.11 Å². The summed E-state index contributed by atoms with van der Waals surface area (Å²) in [5.41, 5.74) is 0. The molecule has 1 nitrogen and oxygen atoms in total. The number of hydrogen-bond acceptors (Lipinski definition) is 1. The fourth-order valence-corrected chi connectivity index (χ4v) is 4.83. The molecule has 1 N–H and O–H groups in total. The summed E-state index contributed by atoms with van der Waals surface area (Å²) in [7, 11) is 0. The molecule has 1 heteroatoms. The molecule has 0 unspecified atom stereocenters. The van der Waals surface area contributed by atoms with Gasteiger partial charge in [0.1, 0.15) is 0 Å². The largest absolute Gasteiger partial charge is 0.396 e. The van der Waals surface area contributed by atoms with Gasteiger partial charge in [0, 0.05) is 6.61 Å². The van der Waals surface area contributed by atoms with E-state index in [0.29, 0.717) is 12.5 Å². The second kappa shape index (κ2) is 9.87. The number of aliphatic hydroxyl groups excluding tert-OH is 1. The van der Waals surface area contributed by atoms with Crippen molar-refractivity contribution in [2.75, 3.05) is 6.61 Å².